The predicted molar refractivity (Wildman–Crippen MR) is 102 cm³/mol. The Bertz CT molecular complexity index is 612. The van der Waals surface area contributed by atoms with Crippen LogP contribution < -0.4 is 16.2 Å². The zero-order chi connectivity index (χ0) is 18.2. The summed E-state index contributed by atoms with van der Waals surface area (Å²) in [6.07, 6.45) is 3.66. The van der Waals surface area contributed by atoms with Crippen LogP contribution in [0.5, 0.6) is 0 Å². The Kier molecular flexibility index (Phi) is 7.33. The standard InChI is InChI=1S/C18H26N4O2S/c1-13-6-8-15(9-7-13)17(24)19-18(25)21-20-16(23)14(2)12-22-10-4-3-5-11-22/h6-9,14H,3-5,10-12H2,1-2H3,(H,20,23)(H2,19,21,24,25)/t14-/m1/s1. The third-order valence-electron chi connectivity index (χ3n) is 4.27. The van der Waals surface area contributed by atoms with E-state index in [0.717, 1.165) is 25.2 Å². The van der Waals surface area contributed by atoms with Crippen LogP contribution in [-0.2, 0) is 4.79 Å². The summed E-state index contributed by atoms with van der Waals surface area (Å²) in [5.41, 5.74) is 6.75. The SMILES string of the molecule is Cc1ccc(C(=O)NC(=S)NNC(=O)[C@H](C)CN2CCCCC2)cc1. The molecule has 1 atom stereocenters. The molecule has 0 saturated carbocycles. The van der Waals surface area contributed by atoms with E-state index < -0.39 is 0 Å². The Morgan fingerprint density at radius 2 is 1.76 bits per heavy atom. The van der Waals surface area contributed by atoms with Gasteiger partial charge in [-0.2, -0.15) is 0 Å². The summed E-state index contributed by atoms with van der Waals surface area (Å²) in [7, 11) is 0. The van der Waals surface area contributed by atoms with E-state index in [2.05, 4.69) is 21.1 Å². The first-order valence-corrected chi connectivity index (χ1v) is 9.06. The minimum absolute atomic E-state index is 0.0732. The van der Waals surface area contributed by atoms with E-state index in [-0.39, 0.29) is 22.8 Å². The van der Waals surface area contributed by atoms with Gasteiger partial charge in [-0.3, -0.25) is 25.8 Å². The molecule has 25 heavy (non-hydrogen) atoms. The monoisotopic (exact) mass is 362 g/mol. The first-order valence-electron chi connectivity index (χ1n) is 8.66. The van der Waals surface area contributed by atoms with Gasteiger partial charge in [0.25, 0.3) is 5.91 Å². The number of hydrazine groups is 1. The van der Waals surface area contributed by atoms with Crippen molar-refractivity contribution >= 4 is 29.1 Å². The van der Waals surface area contributed by atoms with Crippen molar-refractivity contribution in [2.75, 3.05) is 19.6 Å². The molecule has 1 aromatic rings. The summed E-state index contributed by atoms with van der Waals surface area (Å²) in [5.74, 6) is -0.605. The number of carbonyl (C=O) groups is 2. The highest BCUT2D eigenvalue weighted by Gasteiger charge is 2.19. The number of amides is 2. The van der Waals surface area contributed by atoms with Crippen LogP contribution in [0.25, 0.3) is 0 Å². The van der Waals surface area contributed by atoms with Crippen molar-refractivity contribution in [2.45, 2.75) is 33.1 Å². The molecule has 6 nitrogen and oxygen atoms in total. The average molecular weight is 362 g/mol. The van der Waals surface area contributed by atoms with Gasteiger partial charge in [0.15, 0.2) is 5.11 Å². The summed E-state index contributed by atoms with van der Waals surface area (Å²) in [6, 6.07) is 7.17. The van der Waals surface area contributed by atoms with E-state index in [1.165, 1.54) is 19.3 Å². The second-order valence-electron chi connectivity index (χ2n) is 6.53. The van der Waals surface area contributed by atoms with Crippen molar-refractivity contribution in [3.8, 4) is 0 Å². The van der Waals surface area contributed by atoms with E-state index in [0.29, 0.717) is 5.56 Å². The van der Waals surface area contributed by atoms with E-state index in [9.17, 15) is 9.59 Å². The lowest BCUT2D eigenvalue weighted by Crippen LogP contribution is -2.51. The third kappa shape index (κ3) is 6.43. The van der Waals surface area contributed by atoms with E-state index in [4.69, 9.17) is 12.2 Å². The van der Waals surface area contributed by atoms with Gasteiger partial charge in [-0.1, -0.05) is 31.0 Å². The Morgan fingerprint density at radius 1 is 1.12 bits per heavy atom. The fourth-order valence-corrected chi connectivity index (χ4v) is 2.91. The largest absolute Gasteiger partial charge is 0.303 e. The number of likely N-dealkylation sites (tertiary alicyclic amines) is 1. The zero-order valence-electron chi connectivity index (χ0n) is 14.8. The molecule has 1 aliphatic rings. The molecule has 0 unspecified atom stereocenters. The summed E-state index contributed by atoms with van der Waals surface area (Å²) in [4.78, 5) is 26.5. The Labute approximate surface area is 154 Å². The lowest BCUT2D eigenvalue weighted by atomic mass is 10.1. The molecular formula is C18H26N4O2S. The molecule has 0 bridgehead atoms. The van der Waals surface area contributed by atoms with Crippen molar-refractivity contribution in [3.05, 3.63) is 35.4 Å². The number of thiocarbonyl (C=S) groups is 1. The smallest absolute Gasteiger partial charge is 0.257 e. The molecule has 1 heterocycles. The van der Waals surface area contributed by atoms with Crippen LogP contribution in [0.2, 0.25) is 0 Å². The molecule has 136 valence electrons. The molecular weight excluding hydrogens is 336 g/mol. The number of hydrogen-bond donors (Lipinski definition) is 3. The van der Waals surface area contributed by atoms with Gasteiger partial charge in [0.1, 0.15) is 0 Å². The molecule has 2 rings (SSSR count). The molecule has 3 N–H and O–H groups in total. The average Bonchev–Trinajstić information content (AvgIpc) is 2.61. The lowest BCUT2D eigenvalue weighted by molar-refractivity contribution is -0.125. The van der Waals surface area contributed by atoms with Crippen LogP contribution in [0.1, 0.15) is 42.1 Å². The van der Waals surface area contributed by atoms with Crippen molar-refractivity contribution in [2.24, 2.45) is 5.92 Å². The highest BCUT2D eigenvalue weighted by atomic mass is 32.1. The molecule has 1 aliphatic heterocycles. The number of nitrogens with zero attached hydrogens (tertiary/aromatic N) is 1. The van der Waals surface area contributed by atoms with Crippen molar-refractivity contribution < 1.29 is 9.59 Å². The quantitative estimate of drug-likeness (QED) is 0.562. The topological polar surface area (TPSA) is 73.5 Å². The second kappa shape index (κ2) is 9.48. The van der Waals surface area contributed by atoms with Crippen molar-refractivity contribution in [1.82, 2.24) is 21.1 Å². The number of rotatable bonds is 4. The molecule has 2 amide bonds. The van der Waals surface area contributed by atoms with Gasteiger partial charge in [0.2, 0.25) is 5.91 Å². The van der Waals surface area contributed by atoms with Crippen LogP contribution >= 0.6 is 12.2 Å². The van der Waals surface area contributed by atoms with Crippen molar-refractivity contribution in [3.63, 3.8) is 0 Å². The Morgan fingerprint density at radius 3 is 2.40 bits per heavy atom. The molecule has 0 aromatic heterocycles. The molecule has 1 aromatic carbocycles. The molecule has 0 aliphatic carbocycles. The van der Waals surface area contributed by atoms with E-state index in [1.807, 2.05) is 26.0 Å². The van der Waals surface area contributed by atoms with Gasteiger partial charge >= 0.3 is 0 Å². The van der Waals surface area contributed by atoms with Gasteiger partial charge in [0.05, 0.1) is 0 Å². The van der Waals surface area contributed by atoms with E-state index >= 15 is 0 Å². The summed E-state index contributed by atoms with van der Waals surface area (Å²) >= 11 is 5.05. The second-order valence-corrected chi connectivity index (χ2v) is 6.93. The van der Waals surface area contributed by atoms with Crippen LogP contribution in [0, 0.1) is 12.8 Å². The molecule has 1 saturated heterocycles. The zero-order valence-corrected chi connectivity index (χ0v) is 15.6. The predicted octanol–water partition coefficient (Wildman–Crippen LogP) is 1.75. The Balaban J connectivity index is 1.72. The van der Waals surface area contributed by atoms with Crippen LogP contribution in [-0.4, -0.2) is 41.5 Å². The maximum absolute atomic E-state index is 12.1. The number of piperidine rings is 1. The third-order valence-corrected chi connectivity index (χ3v) is 4.47. The first-order chi connectivity index (χ1) is 12.0. The number of benzene rings is 1. The van der Waals surface area contributed by atoms with Gasteiger partial charge in [-0.05, 0) is 57.2 Å². The van der Waals surface area contributed by atoms with Gasteiger partial charge < -0.3 is 4.90 Å². The van der Waals surface area contributed by atoms with Crippen LogP contribution in [0.4, 0.5) is 0 Å². The van der Waals surface area contributed by atoms with Crippen molar-refractivity contribution in [1.29, 1.82) is 0 Å². The summed E-state index contributed by atoms with van der Waals surface area (Å²) < 4.78 is 0. The van der Waals surface area contributed by atoms with Crippen LogP contribution in [0.3, 0.4) is 0 Å². The molecule has 0 radical (unpaired) electrons. The summed E-state index contributed by atoms with van der Waals surface area (Å²) in [5, 5.41) is 2.62. The van der Waals surface area contributed by atoms with Gasteiger partial charge in [-0.25, -0.2) is 0 Å². The molecule has 0 spiro atoms. The van der Waals surface area contributed by atoms with E-state index in [1.54, 1.807) is 12.1 Å². The summed E-state index contributed by atoms with van der Waals surface area (Å²) in [6.45, 7) is 6.68. The maximum atomic E-state index is 12.1. The number of hydrogen-bond acceptors (Lipinski definition) is 4. The highest BCUT2D eigenvalue weighted by molar-refractivity contribution is 7.80. The fourth-order valence-electron chi connectivity index (χ4n) is 2.77. The molecule has 1 fully saturated rings. The number of nitrogens with one attached hydrogen (secondary N) is 3. The van der Waals surface area contributed by atoms with Gasteiger partial charge in [-0.15, -0.1) is 0 Å². The minimum atomic E-state index is -0.312. The highest BCUT2D eigenvalue weighted by Crippen LogP contribution is 2.10. The lowest BCUT2D eigenvalue weighted by Gasteiger charge is -2.28. The number of aryl methyl sites for hydroxylation is 1. The number of carbonyl (C=O) groups excluding carboxylic acids is 2. The minimum Gasteiger partial charge on any atom is -0.303 e. The fraction of sp³-hybridized carbons (Fsp3) is 0.500. The Hall–Kier alpha value is -1.99. The first kappa shape index (κ1) is 19.3. The molecule has 7 heteroatoms. The maximum Gasteiger partial charge on any atom is 0.257 e. The normalized spacial score (nSPS) is 15.9. The van der Waals surface area contributed by atoms with Crippen LogP contribution in [0.15, 0.2) is 24.3 Å². The van der Waals surface area contributed by atoms with Gasteiger partial charge in [0, 0.05) is 18.0 Å².